The van der Waals surface area contributed by atoms with Gasteiger partial charge in [0.05, 0.1) is 24.4 Å². The van der Waals surface area contributed by atoms with E-state index < -0.39 is 0 Å². The first-order valence-electron chi connectivity index (χ1n) is 8.18. The maximum Gasteiger partial charge on any atom is 0.273 e. The average Bonchev–Trinajstić information content (AvgIpc) is 3.05. The van der Waals surface area contributed by atoms with Crippen molar-refractivity contribution in [2.24, 2.45) is 0 Å². The number of ether oxygens (including phenoxy) is 2. The number of nitriles is 2. The zero-order valence-corrected chi connectivity index (χ0v) is 16.0. The molecule has 0 aliphatic carbocycles. The van der Waals surface area contributed by atoms with Crippen molar-refractivity contribution in [3.05, 3.63) is 73.6 Å². The van der Waals surface area contributed by atoms with Crippen molar-refractivity contribution in [1.82, 2.24) is 4.57 Å². The van der Waals surface area contributed by atoms with Crippen LogP contribution in [-0.2, 0) is 0 Å². The largest absolute Gasteiger partial charge is 0.497 e. The molecule has 0 saturated carbocycles. The van der Waals surface area contributed by atoms with Gasteiger partial charge in [-0.1, -0.05) is 18.2 Å². The number of thiazole rings is 1. The summed E-state index contributed by atoms with van der Waals surface area (Å²) in [4.78, 5) is 13.1. The van der Waals surface area contributed by atoms with Gasteiger partial charge in [0, 0.05) is 11.6 Å². The van der Waals surface area contributed by atoms with Gasteiger partial charge in [-0.25, -0.2) is 0 Å². The molecule has 1 heterocycles. The molecule has 138 valence electrons. The summed E-state index contributed by atoms with van der Waals surface area (Å²) in [6.45, 7) is 0. The van der Waals surface area contributed by atoms with Crippen LogP contribution in [-0.4, -0.2) is 18.8 Å². The third kappa shape index (κ3) is 3.52. The highest BCUT2D eigenvalue weighted by Gasteiger charge is 2.12. The summed E-state index contributed by atoms with van der Waals surface area (Å²) in [5.74, 6) is 1.18. The molecule has 6 nitrogen and oxygen atoms in total. The molecule has 28 heavy (non-hydrogen) atoms. The molecule has 0 spiro atoms. The van der Waals surface area contributed by atoms with E-state index in [0.717, 1.165) is 11.3 Å². The van der Waals surface area contributed by atoms with Crippen LogP contribution < -0.4 is 24.2 Å². The molecule has 0 amide bonds. The fourth-order valence-electron chi connectivity index (χ4n) is 2.66. The number of methoxy groups -OCH3 is 2. The summed E-state index contributed by atoms with van der Waals surface area (Å²) in [7, 11) is 3.09. The number of hydrogen-bond acceptors (Lipinski definition) is 6. The maximum atomic E-state index is 13.1. The molecule has 0 radical (unpaired) electrons. The predicted octanol–water partition coefficient (Wildman–Crippen LogP) is 1.94. The molecule has 3 aromatic rings. The van der Waals surface area contributed by atoms with E-state index in [0.29, 0.717) is 31.9 Å². The molecule has 0 atom stereocenters. The van der Waals surface area contributed by atoms with Crippen LogP contribution in [0.2, 0.25) is 0 Å². The molecule has 0 aliphatic heterocycles. The molecule has 0 N–H and O–H groups in total. The molecule has 0 aliphatic rings. The first kappa shape index (κ1) is 19.0. The van der Waals surface area contributed by atoms with Crippen LogP contribution in [0.3, 0.4) is 0 Å². The third-order valence-corrected chi connectivity index (χ3v) is 5.10. The minimum Gasteiger partial charge on any atom is -0.497 e. The van der Waals surface area contributed by atoms with E-state index in [-0.39, 0.29) is 11.1 Å². The molecule has 1 aromatic heterocycles. The number of rotatable bonds is 4. The Bertz CT molecular complexity index is 1260. The molecular formula is C21H15N3O3S. The first-order chi connectivity index (χ1) is 13.6. The van der Waals surface area contributed by atoms with Crippen LogP contribution >= 0.6 is 11.3 Å². The highest BCUT2D eigenvalue weighted by atomic mass is 32.1. The van der Waals surface area contributed by atoms with Crippen LogP contribution in [0.15, 0.2) is 53.3 Å². The summed E-state index contributed by atoms with van der Waals surface area (Å²) in [6.07, 6.45) is 1.68. The lowest BCUT2D eigenvalue weighted by molar-refractivity contribution is 0.393. The van der Waals surface area contributed by atoms with Crippen molar-refractivity contribution in [1.29, 1.82) is 10.5 Å². The Labute approximate surface area is 165 Å². The normalized spacial score (nSPS) is 10.8. The molecular weight excluding hydrogens is 374 g/mol. The number of aromatic nitrogens is 1. The van der Waals surface area contributed by atoms with Crippen LogP contribution in [0.1, 0.15) is 5.56 Å². The standard InChI is InChI=1S/C21H15N3O3S/c1-26-17-9-8-14(18(11-17)27-2)10-19-20(25)24(16-6-4-3-5-7-16)21(28-19)15(12-22)13-23/h3-11H,1-2H3/b19-10-. The Morgan fingerprint density at radius 3 is 2.39 bits per heavy atom. The second kappa shape index (κ2) is 8.26. The van der Waals surface area contributed by atoms with Gasteiger partial charge in [0.2, 0.25) is 0 Å². The van der Waals surface area contributed by atoms with E-state index in [1.165, 1.54) is 11.7 Å². The Balaban J connectivity index is 2.36. The lowest BCUT2D eigenvalue weighted by atomic mass is 10.2. The first-order valence-corrected chi connectivity index (χ1v) is 9.00. The van der Waals surface area contributed by atoms with Crippen molar-refractivity contribution < 1.29 is 9.47 Å². The molecule has 3 rings (SSSR count). The monoisotopic (exact) mass is 389 g/mol. The predicted molar refractivity (Wildman–Crippen MR) is 107 cm³/mol. The smallest absolute Gasteiger partial charge is 0.273 e. The molecule has 0 fully saturated rings. The van der Waals surface area contributed by atoms with Gasteiger partial charge in [-0.3, -0.25) is 9.36 Å². The number of nitrogens with zero attached hydrogens (tertiary/aromatic N) is 3. The average molecular weight is 389 g/mol. The van der Waals surface area contributed by atoms with Crippen molar-refractivity contribution in [2.45, 2.75) is 0 Å². The zero-order chi connectivity index (χ0) is 20.1. The quantitative estimate of drug-likeness (QED) is 0.680. The number of benzene rings is 2. The Morgan fingerprint density at radius 1 is 1.07 bits per heavy atom. The van der Waals surface area contributed by atoms with E-state index in [1.54, 1.807) is 55.7 Å². The highest BCUT2D eigenvalue weighted by molar-refractivity contribution is 7.07. The summed E-state index contributed by atoms with van der Waals surface area (Å²) in [5.41, 5.74) is 0.839. The fraction of sp³-hybridized carbons (Fsp3) is 0.0952. The van der Waals surface area contributed by atoms with Crippen LogP contribution in [0, 0.1) is 22.7 Å². The topological polar surface area (TPSA) is 88.0 Å². The minimum absolute atomic E-state index is 0.118. The van der Waals surface area contributed by atoms with E-state index in [4.69, 9.17) is 9.47 Å². The van der Waals surface area contributed by atoms with Gasteiger partial charge in [-0.15, -0.1) is 11.3 Å². The van der Waals surface area contributed by atoms with E-state index in [9.17, 15) is 15.3 Å². The number of hydrogen-bond donors (Lipinski definition) is 0. The van der Waals surface area contributed by atoms with Crippen molar-refractivity contribution in [3.63, 3.8) is 0 Å². The van der Waals surface area contributed by atoms with Crippen molar-refractivity contribution >= 4 is 23.0 Å². The van der Waals surface area contributed by atoms with E-state index in [1.807, 2.05) is 18.2 Å². The van der Waals surface area contributed by atoms with Gasteiger partial charge in [0.15, 0.2) is 5.57 Å². The fourth-order valence-corrected chi connectivity index (χ4v) is 3.71. The van der Waals surface area contributed by atoms with Gasteiger partial charge in [-0.2, -0.15) is 10.5 Å². The molecule has 0 bridgehead atoms. The van der Waals surface area contributed by atoms with Crippen LogP contribution in [0.25, 0.3) is 17.3 Å². The molecule has 7 heteroatoms. The van der Waals surface area contributed by atoms with Gasteiger partial charge < -0.3 is 9.47 Å². The van der Waals surface area contributed by atoms with Crippen LogP contribution in [0.5, 0.6) is 11.5 Å². The minimum atomic E-state index is -0.313. The lowest BCUT2D eigenvalue weighted by Gasteiger charge is -2.06. The van der Waals surface area contributed by atoms with Gasteiger partial charge in [0.1, 0.15) is 28.3 Å². The van der Waals surface area contributed by atoms with Gasteiger partial charge in [-0.05, 0) is 30.3 Å². The molecule has 0 unspecified atom stereocenters. The van der Waals surface area contributed by atoms with Crippen molar-refractivity contribution in [2.75, 3.05) is 14.2 Å². The second-order valence-corrected chi connectivity index (χ2v) is 6.63. The maximum absolute atomic E-state index is 13.1. The van der Waals surface area contributed by atoms with E-state index in [2.05, 4.69) is 0 Å². The summed E-state index contributed by atoms with van der Waals surface area (Å²) in [5, 5.41) is 18.6. The number of para-hydroxylation sites is 1. The zero-order valence-electron chi connectivity index (χ0n) is 15.2. The molecule has 2 aromatic carbocycles. The summed E-state index contributed by atoms with van der Waals surface area (Å²) < 4.78 is 12.6. The highest BCUT2D eigenvalue weighted by Crippen LogP contribution is 2.24. The van der Waals surface area contributed by atoms with Gasteiger partial charge in [0.25, 0.3) is 5.56 Å². The second-order valence-electron chi connectivity index (χ2n) is 5.60. The van der Waals surface area contributed by atoms with Crippen molar-refractivity contribution in [3.8, 4) is 29.3 Å². The Hall–Kier alpha value is -3.81. The molecule has 0 saturated heterocycles. The van der Waals surface area contributed by atoms with Gasteiger partial charge >= 0.3 is 0 Å². The SMILES string of the molecule is COc1ccc(/C=c2\sc(=C(C#N)C#N)n(-c3ccccc3)c2=O)c(OC)c1. The summed E-state index contributed by atoms with van der Waals surface area (Å²) in [6, 6.07) is 17.9. The van der Waals surface area contributed by atoms with E-state index >= 15 is 0 Å². The summed E-state index contributed by atoms with van der Waals surface area (Å²) >= 11 is 1.09. The Morgan fingerprint density at radius 2 is 1.79 bits per heavy atom. The third-order valence-electron chi connectivity index (χ3n) is 4.00. The Kier molecular flexibility index (Phi) is 5.59. The lowest BCUT2D eigenvalue weighted by Crippen LogP contribution is -2.30. The van der Waals surface area contributed by atoms with Crippen LogP contribution in [0.4, 0.5) is 0 Å².